The average molecular weight is 245 g/mol. The summed E-state index contributed by atoms with van der Waals surface area (Å²) in [6.07, 6.45) is 1.51. The van der Waals surface area contributed by atoms with Crippen LogP contribution in [0.1, 0.15) is 17.4 Å². The number of hydrogen-bond acceptors (Lipinski definition) is 3. The Labute approximate surface area is 98.3 Å². The molecular formula is C10H13ClN2O3. The number of halogens is 1. The van der Waals surface area contributed by atoms with Gasteiger partial charge in [-0.1, -0.05) is 11.6 Å². The fourth-order valence-corrected chi connectivity index (χ4v) is 1.37. The first-order valence-corrected chi connectivity index (χ1v) is 5.16. The summed E-state index contributed by atoms with van der Waals surface area (Å²) in [5, 5.41) is 0.456. The first kappa shape index (κ1) is 12.6. The highest BCUT2D eigenvalue weighted by atomic mass is 35.5. The van der Waals surface area contributed by atoms with Crippen LogP contribution in [-0.2, 0) is 9.53 Å². The third-order valence-electron chi connectivity index (χ3n) is 2.09. The van der Waals surface area contributed by atoms with Crippen molar-refractivity contribution in [3.05, 3.63) is 23.0 Å². The Morgan fingerprint density at radius 1 is 1.56 bits per heavy atom. The lowest BCUT2D eigenvalue weighted by molar-refractivity contribution is -0.141. The van der Waals surface area contributed by atoms with Gasteiger partial charge in [0.15, 0.2) is 0 Å². The van der Waals surface area contributed by atoms with Crippen molar-refractivity contribution in [2.75, 3.05) is 20.2 Å². The molecule has 0 atom stereocenters. The van der Waals surface area contributed by atoms with Crippen molar-refractivity contribution >= 4 is 23.5 Å². The van der Waals surface area contributed by atoms with Crippen LogP contribution in [0.25, 0.3) is 0 Å². The minimum absolute atomic E-state index is 0.0670. The van der Waals surface area contributed by atoms with E-state index in [0.717, 1.165) is 0 Å². The Kier molecular flexibility index (Phi) is 4.37. The molecule has 0 saturated carbocycles. The molecule has 0 aliphatic rings. The molecule has 88 valence electrons. The van der Waals surface area contributed by atoms with Crippen molar-refractivity contribution in [1.29, 1.82) is 0 Å². The highest BCUT2D eigenvalue weighted by Crippen LogP contribution is 2.11. The molecule has 0 saturated heterocycles. The van der Waals surface area contributed by atoms with E-state index >= 15 is 0 Å². The van der Waals surface area contributed by atoms with Gasteiger partial charge in [0.25, 0.3) is 5.91 Å². The molecule has 0 aromatic carbocycles. The van der Waals surface area contributed by atoms with E-state index in [2.05, 4.69) is 9.72 Å². The molecule has 0 unspecified atom stereocenters. The van der Waals surface area contributed by atoms with Crippen LogP contribution in [0.3, 0.4) is 0 Å². The summed E-state index contributed by atoms with van der Waals surface area (Å²) in [6.45, 7) is 2.14. The normalized spacial score (nSPS) is 9.94. The smallest absolute Gasteiger partial charge is 0.325 e. The number of H-pyrrole nitrogens is 1. The minimum Gasteiger partial charge on any atom is -0.468 e. The number of ether oxygens (including phenoxy) is 1. The molecular weight excluding hydrogens is 232 g/mol. The maximum atomic E-state index is 11.9. The van der Waals surface area contributed by atoms with E-state index in [1.165, 1.54) is 24.3 Å². The zero-order valence-corrected chi connectivity index (χ0v) is 9.87. The second-order valence-electron chi connectivity index (χ2n) is 3.13. The van der Waals surface area contributed by atoms with Crippen LogP contribution >= 0.6 is 11.6 Å². The fraction of sp³-hybridized carbons (Fsp3) is 0.400. The molecule has 6 heteroatoms. The van der Waals surface area contributed by atoms with E-state index in [-0.39, 0.29) is 12.5 Å². The van der Waals surface area contributed by atoms with E-state index in [1.54, 1.807) is 6.92 Å². The van der Waals surface area contributed by atoms with E-state index < -0.39 is 5.97 Å². The first-order chi connectivity index (χ1) is 7.58. The summed E-state index contributed by atoms with van der Waals surface area (Å²) >= 11 is 5.69. The predicted molar refractivity (Wildman–Crippen MR) is 59.4 cm³/mol. The van der Waals surface area contributed by atoms with Gasteiger partial charge < -0.3 is 14.6 Å². The van der Waals surface area contributed by atoms with Crippen LogP contribution in [0.5, 0.6) is 0 Å². The monoisotopic (exact) mass is 244 g/mol. The van der Waals surface area contributed by atoms with Gasteiger partial charge in [-0.25, -0.2) is 0 Å². The van der Waals surface area contributed by atoms with Crippen molar-refractivity contribution in [1.82, 2.24) is 9.88 Å². The first-order valence-electron chi connectivity index (χ1n) is 4.78. The second-order valence-corrected chi connectivity index (χ2v) is 3.56. The number of nitrogens with zero attached hydrogens (tertiary/aromatic N) is 1. The third kappa shape index (κ3) is 3.00. The topological polar surface area (TPSA) is 62.4 Å². The number of amides is 1. The molecule has 0 spiro atoms. The maximum absolute atomic E-state index is 11.9. The van der Waals surface area contributed by atoms with Crippen LogP contribution in [0.2, 0.25) is 5.02 Å². The number of likely N-dealkylation sites (N-methyl/N-ethyl adjacent to an activating group) is 1. The number of methoxy groups -OCH3 is 1. The van der Waals surface area contributed by atoms with E-state index in [1.807, 2.05) is 0 Å². The second kappa shape index (κ2) is 5.55. The Morgan fingerprint density at radius 2 is 2.25 bits per heavy atom. The van der Waals surface area contributed by atoms with Gasteiger partial charge in [0.1, 0.15) is 12.2 Å². The van der Waals surface area contributed by atoms with Gasteiger partial charge in [-0.3, -0.25) is 9.59 Å². The highest BCUT2D eigenvalue weighted by molar-refractivity contribution is 6.30. The number of nitrogens with one attached hydrogen (secondary N) is 1. The molecule has 0 bridgehead atoms. The molecule has 0 aliphatic heterocycles. The molecule has 1 aromatic heterocycles. The van der Waals surface area contributed by atoms with Gasteiger partial charge in [-0.05, 0) is 13.0 Å². The largest absolute Gasteiger partial charge is 0.468 e. The highest BCUT2D eigenvalue weighted by Gasteiger charge is 2.18. The zero-order chi connectivity index (χ0) is 12.1. The number of aromatic amines is 1. The van der Waals surface area contributed by atoms with E-state index in [4.69, 9.17) is 11.6 Å². The lowest BCUT2D eigenvalue weighted by atomic mass is 10.3. The number of hydrogen-bond donors (Lipinski definition) is 1. The maximum Gasteiger partial charge on any atom is 0.325 e. The summed E-state index contributed by atoms with van der Waals surface area (Å²) in [4.78, 5) is 27.0. The predicted octanol–water partition coefficient (Wildman–Crippen LogP) is 1.30. The van der Waals surface area contributed by atoms with Gasteiger partial charge in [0, 0.05) is 12.7 Å². The summed E-state index contributed by atoms with van der Waals surface area (Å²) in [5.74, 6) is -0.729. The summed E-state index contributed by atoms with van der Waals surface area (Å²) in [6, 6.07) is 1.52. The summed E-state index contributed by atoms with van der Waals surface area (Å²) in [5.41, 5.74) is 0.357. The van der Waals surface area contributed by atoms with Crippen LogP contribution in [0.4, 0.5) is 0 Å². The van der Waals surface area contributed by atoms with Crippen molar-refractivity contribution in [2.45, 2.75) is 6.92 Å². The van der Waals surface area contributed by atoms with Crippen molar-refractivity contribution in [3.8, 4) is 0 Å². The van der Waals surface area contributed by atoms with Gasteiger partial charge >= 0.3 is 5.97 Å². The van der Waals surface area contributed by atoms with Crippen LogP contribution in [0, 0.1) is 0 Å². The summed E-state index contributed by atoms with van der Waals surface area (Å²) in [7, 11) is 1.28. The van der Waals surface area contributed by atoms with Crippen LogP contribution in [0.15, 0.2) is 12.3 Å². The molecule has 16 heavy (non-hydrogen) atoms. The Balaban J connectivity index is 2.73. The van der Waals surface area contributed by atoms with Gasteiger partial charge in [0.2, 0.25) is 0 Å². The fourth-order valence-electron chi connectivity index (χ4n) is 1.21. The number of carbonyl (C=O) groups is 2. The molecule has 1 aromatic rings. The van der Waals surface area contributed by atoms with Crippen LogP contribution < -0.4 is 0 Å². The minimum atomic E-state index is -0.451. The Morgan fingerprint density at radius 3 is 2.69 bits per heavy atom. The quantitative estimate of drug-likeness (QED) is 0.813. The lowest BCUT2D eigenvalue weighted by Crippen LogP contribution is -2.36. The van der Waals surface area contributed by atoms with Crippen molar-refractivity contribution in [3.63, 3.8) is 0 Å². The van der Waals surface area contributed by atoms with E-state index in [0.29, 0.717) is 17.3 Å². The Hall–Kier alpha value is -1.49. The van der Waals surface area contributed by atoms with Gasteiger partial charge in [0.05, 0.1) is 12.1 Å². The Bertz CT molecular complexity index is 389. The molecule has 5 nitrogen and oxygen atoms in total. The van der Waals surface area contributed by atoms with E-state index in [9.17, 15) is 9.59 Å². The number of carbonyl (C=O) groups excluding carboxylic acids is 2. The van der Waals surface area contributed by atoms with Crippen molar-refractivity contribution < 1.29 is 14.3 Å². The van der Waals surface area contributed by atoms with Gasteiger partial charge in [-0.2, -0.15) is 0 Å². The summed E-state index contributed by atoms with van der Waals surface area (Å²) < 4.78 is 4.50. The number of rotatable bonds is 4. The number of esters is 1. The standard InChI is InChI=1S/C10H13ClN2O3/c1-3-13(6-9(14)16-2)10(15)8-4-7(11)5-12-8/h4-5,12H,3,6H2,1-2H3. The molecule has 1 heterocycles. The zero-order valence-electron chi connectivity index (χ0n) is 9.12. The molecule has 1 amide bonds. The number of aromatic nitrogens is 1. The molecule has 0 fully saturated rings. The molecule has 0 aliphatic carbocycles. The van der Waals surface area contributed by atoms with Crippen LogP contribution in [-0.4, -0.2) is 42.0 Å². The van der Waals surface area contributed by atoms with Crippen molar-refractivity contribution in [2.24, 2.45) is 0 Å². The average Bonchev–Trinajstić information content (AvgIpc) is 2.71. The van der Waals surface area contributed by atoms with Gasteiger partial charge in [-0.15, -0.1) is 0 Å². The molecule has 0 radical (unpaired) electrons. The third-order valence-corrected chi connectivity index (χ3v) is 2.31. The SMILES string of the molecule is CCN(CC(=O)OC)C(=O)c1cc(Cl)c[nH]1. The molecule has 1 N–H and O–H groups in total. The molecule has 1 rings (SSSR count). The lowest BCUT2D eigenvalue weighted by Gasteiger charge is -2.18.